The molecule has 0 spiro atoms. The standard InChI is InChI=1S/C10H7BrClN3O2/c11-9-8(10(16)17)13-15(14-9)5-6-1-3-7(12)4-2-6/h1-4H,5H2,(H,16,17). The molecule has 2 aromatic rings. The maximum absolute atomic E-state index is 10.8. The topological polar surface area (TPSA) is 68.0 Å². The lowest BCUT2D eigenvalue weighted by molar-refractivity contribution is 0.0688. The zero-order valence-electron chi connectivity index (χ0n) is 8.47. The molecule has 0 aliphatic rings. The van der Waals surface area contributed by atoms with Crippen molar-refractivity contribution in [2.24, 2.45) is 0 Å². The third-order valence-corrected chi connectivity index (χ3v) is 2.84. The third kappa shape index (κ3) is 2.83. The Balaban J connectivity index is 2.22. The Labute approximate surface area is 110 Å². The molecule has 1 heterocycles. The molecule has 1 aromatic heterocycles. The summed E-state index contributed by atoms with van der Waals surface area (Å²) in [7, 11) is 0. The molecular formula is C10H7BrClN3O2. The molecule has 1 aromatic carbocycles. The second-order valence-corrected chi connectivity index (χ2v) is 4.49. The van der Waals surface area contributed by atoms with E-state index < -0.39 is 5.97 Å². The molecule has 7 heteroatoms. The minimum absolute atomic E-state index is 0.0982. The molecular weight excluding hydrogens is 309 g/mol. The molecule has 5 nitrogen and oxygen atoms in total. The minimum atomic E-state index is -1.11. The molecule has 0 aliphatic carbocycles. The van der Waals surface area contributed by atoms with Crippen molar-refractivity contribution in [3.05, 3.63) is 45.1 Å². The zero-order valence-corrected chi connectivity index (χ0v) is 10.8. The van der Waals surface area contributed by atoms with Crippen LogP contribution >= 0.6 is 27.5 Å². The summed E-state index contributed by atoms with van der Waals surface area (Å²) in [6.07, 6.45) is 0. The number of carboxylic acid groups (broad SMARTS) is 1. The van der Waals surface area contributed by atoms with Crippen molar-refractivity contribution in [1.29, 1.82) is 0 Å². The third-order valence-electron chi connectivity index (χ3n) is 2.05. The average molecular weight is 317 g/mol. The van der Waals surface area contributed by atoms with E-state index in [4.69, 9.17) is 16.7 Å². The van der Waals surface area contributed by atoms with E-state index >= 15 is 0 Å². The van der Waals surface area contributed by atoms with Gasteiger partial charge < -0.3 is 5.11 Å². The maximum atomic E-state index is 10.8. The highest BCUT2D eigenvalue weighted by Crippen LogP contribution is 2.13. The van der Waals surface area contributed by atoms with Gasteiger partial charge in [-0.05, 0) is 33.6 Å². The number of aromatic carboxylic acids is 1. The van der Waals surface area contributed by atoms with E-state index in [9.17, 15) is 4.79 Å². The Morgan fingerprint density at radius 3 is 2.53 bits per heavy atom. The molecule has 88 valence electrons. The first-order valence-corrected chi connectivity index (χ1v) is 5.82. The molecule has 0 radical (unpaired) electrons. The molecule has 2 rings (SSSR count). The van der Waals surface area contributed by atoms with Gasteiger partial charge in [0.1, 0.15) is 0 Å². The molecule has 0 saturated heterocycles. The predicted molar refractivity (Wildman–Crippen MR) is 65.2 cm³/mol. The Morgan fingerprint density at radius 1 is 1.35 bits per heavy atom. The molecule has 17 heavy (non-hydrogen) atoms. The Bertz CT molecular complexity index is 553. The maximum Gasteiger partial charge on any atom is 0.359 e. The summed E-state index contributed by atoms with van der Waals surface area (Å²) in [4.78, 5) is 12.1. The van der Waals surface area contributed by atoms with Crippen molar-refractivity contribution < 1.29 is 9.90 Å². The van der Waals surface area contributed by atoms with Gasteiger partial charge in [-0.1, -0.05) is 23.7 Å². The number of nitrogens with zero attached hydrogens (tertiary/aromatic N) is 3. The van der Waals surface area contributed by atoms with Gasteiger partial charge in [0.15, 0.2) is 4.60 Å². The number of hydrogen-bond donors (Lipinski definition) is 1. The Kier molecular flexibility index (Phi) is 3.44. The lowest BCUT2D eigenvalue weighted by Gasteiger charge is -1.99. The highest BCUT2D eigenvalue weighted by Gasteiger charge is 2.15. The van der Waals surface area contributed by atoms with Gasteiger partial charge in [0, 0.05) is 5.02 Å². The van der Waals surface area contributed by atoms with E-state index in [1.807, 2.05) is 12.1 Å². The van der Waals surface area contributed by atoms with Gasteiger partial charge in [0.2, 0.25) is 5.69 Å². The molecule has 0 unspecified atom stereocenters. The Hall–Kier alpha value is -1.40. The molecule has 0 fully saturated rings. The van der Waals surface area contributed by atoms with Crippen molar-refractivity contribution >= 4 is 33.5 Å². The summed E-state index contributed by atoms with van der Waals surface area (Å²) in [5, 5.41) is 17.3. The number of aromatic nitrogens is 3. The van der Waals surface area contributed by atoms with Gasteiger partial charge in [0.25, 0.3) is 0 Å². The largest absolute Gasteiger partial charge is 0.476 e. The summed E-state index contributed by atoms with van der Waals surface area (Å²) < 4.78 is 0.221. The van der Waals surface area contributed by atoms with E-state index in [-0.39, 0.29) is 10.3 Å². The zero-order chi connectivity index (χ0) is 12.4. The van der Waals surface area contributed by atoms with E-state index in [0.717, 1.165) is 5.56 Å². The van der Waals surface area contributed by atoms with Crippen LogP contribution in [0.3, 0.4) is 0 Å². The second kappa shape index (κ2) is 4.85. The van der Waals surface area contributed by atoms with E-state index in [1.165, 1.54) is 4.80 Å². The van der Waals surface area contributed by atoms with Crippen molar-refractivity contribution in [1.82, 2.24) is 15.0 Å². The first-order chi connectivity index (χ1) is 8.06. The SMILES string of the molecule is O=C(O)c1nn(Cc2ccc(Cl)cc2)nc1Br. The quantitative estimate of drug-likeness (QED) is 0.944. The summed E-state index contributed by atoms with van der Waals surface area (Å²) in [6.45, 7) is 0.392. The summed E-state index contributed by atoms with van der Waals surface area (Å²) in [5.41, 5.74) is 0.841. The van der Waals surface area contributed by atoms with Gasteiger partial charge in [-0.2, -0.15) is 4.80 Å². The van der Waals surface area contributed by atoms with Gasteiger partial charge in [-0.15, -0.1) is 10.2 Å². The van der Waals surface area contributed by atoms with E-state index in [2.05, 4.69) is 26.1 Å². The molecule has 0 saturated carbocycles. The fourth-order valence-corrected chi connectivity index (χ4v) is 1.84. The van der Waals surface area contributed by atoms with Gasteiger partial charge in [-0.25, -0.2) is 4.79 Å². The van der Waals surface area contributed by atoms with Crippen LogP contribution in [0.25, 0.3) is 0 Å². The first kappa shape index (κ1) is 12.1. The number of halogens is 2. The second-order valence-electron chi connectivity index (χ2n) is 3.30. The van der Waals surface area contributed by atoms with E-state index in [1.54, 1.807) is 12.1 Å². The van der Waals surface area contributed by atoms with E-state index in [0.29, 0.717) is 11.6 Å². The molecule has 1 N–H and O–H groups in total. The van der Waals surface area contributed by atoms with Crippen LogP contribution in [0.15, 0.2) is 28.9 Å². The average Bonchev–Trinajstić information content (AvgIpc) is 2.63. The van der Waals surface area contributed by atoms with Gasteiger partial charge >= 0.3 is 5.97 Å². The predicted octanol–water partition coefficient (Wildman–Crippen LogP) is 2.44. The van der Waals surface area contributed by atoms with Crippen LogP contribution in [0.4, 0.5) is 0 Å². The fraction of sp³-hybridized carbons (Fsp3) is 0.100. The smallest absolute Gasteiger partial charge is 0.359 e. The van der Waals surface area contributed by atoms with Crippen LogP contribution in [-0.2, 0) is 6.54 Å². The molecule has 0 aliphatic heterocycles. The minimum Gasteiger partial charge on any atom is -0.476 e. The van der Waals surface area contributed by atoms with Crippen LogP contribution in [-0.4, -0.2) is 26.1 Å². The van der Waals surface area contributed by atoms with Crippen LogP contribution in [0.1, 0.15) is 16.1 Å². The fourth-order valence-electron chi connectivity index (χ4n) is 1.28. The van der Waals surface area contributed by atoms with Gasteiger partial charge in [-0.3, -0.25) is 0 Å². The first-order valence-electron chi connectivity index (χ1n) is 4.64. The number of hydrogen-bond acceptors (Lipinski definition) is 3. The highest BCUT2D eigenvalue weighted by atomic mass is 79.9. The molecule has 0 amide bonds. The van der Waals surface area contributed by atoms with Crippen molar-refractivity contribution in [3.8, 4) is 0 Å². The number of carboxylic acids is 1. The van der Waals surface area contributed by atoms with Gasteiger partial charge in [0.05, 0.1) is 6.54 Å². The lowest BCUT2D eigenvalue weighted by atomic mass is 10.2. The van der Waals surface area contributed by atoms with Crippen LogP contribution in [0.5, 0.6) is 0 Å². The van der Waals surface area contributed by atoms with Crippen LogP contribution < -0.4 is 0 Å². The van der Waals surface area contributed by atoms with Crippen LogP contribution in [0, 0.1) is 0 Å². The summed E-state index contributed by atoms with van der Waals surface area (Å²) in [6, 6.07) is 7.18. The normalized spacial score (nSPS) is 10.5. The lowest BCUT2D eigenvalue weighted by Crippen LogP contribution is -2.05. The highest BCUT2D eigenvalue weighted by molar-refractivity contribution is 9.10. The monoisotopic (exact) mass is 315 g/mol. The summed E-state index contributed by atoms with van der Waals surface area (Å²) >= 11 is 8.81. The van der Waals surface area contributed by atoms with Crippen LogP contribution in [0.2, 0.25) is 5.02 Å². The summed E-state index contributed by atoms with van der Waals surface area (Å²) in [5.74, 6) is -1.11. The molecule has 0 bridgehead atoms. The number of benzene rings is 1. The van der Waals surface area contributed by atoms with Crippen molar-refractivity contribution in [2.45, 2.75) is 6.54 Å². The van der Waals surface area contributed by atoms with Crippen molar-refractivity contribution in [2.75, 3.05) is 0 Å². The Morgan fingerprint density at radius 2 is 2.00 bits per heavy atom. The van der Waals surface area contributed by atoms with Crippen molar-refractivity contribution in [3.63, 3.8) is 0 Å². The number of carbonyl (C=O) groups is 1. The molecule has 0 atom stereocenters. The number of rotatable bonds is 3.